The molecule has 2 aliphatic heterocycles. The maximum absolute atomic E-state index is 12.9. The van der Waals surface area contributed by atoms with Gasteiger partial charge in [-0.25, -0.2) is 0 Å². The molecule has 2 saturated carbocycles. The van der Waals surface area contributed by atoms with Crippen molar-refractivity contribution in [1.29, 1.82) is 0 Å². The molecule has 0 bridgehead atoms. The van der Waals surface area contributed by atoms with Crippen LogP contribution in [0.3, 0.4) is 0 Å². The van der Waals surface area contributed by atoms with E-state index in [0.29, 0.717) is 19.4 Å². The molecular weight excluding hydrogens is 314 g/mol. The van der Waals surface area contributed by atoms with E-state index in [0.717, 1.165) is 12.8 Å². The van der Waals surface area contributed by atoms with Crippen molar-refractivity contribution in [2.75, 3.05) is 13.2 Å². The second-order valence-electron chi connectivity index (χ2n) is 7.54. The van der Waals surface area contributed by atoms with Crippen LogP contribution >= 0.6 is 0 Å². The molecule has 0 spiro atoms. The number of ketones is 1. The molecule has 7 heteroatoms. The Morgan fingerprint density at radius 3 is 2.50 bits per heavy atom. The van der Waals surface area contributed by atoms with Gasteiger partial charge in [-0.15, -0.1) is 0 Å². The van der Waals surface area contributed by atoms with Crippen LogP contribution in [0.25, 0.3) is 0 Å². The summed E-state index contributed by atoms with van der Waals surface area (Å²) in [5, 5.41) is 20.4. The first kappa shape index (κ1) is 16.2. The van der Waals surface area contributed by atoms with Crippen molar-refractivity contribution in [3.8, 4) is 0 Å². The number of fused-ring (bicyclic) bond motifs is 3. The summed E-state index contributed by atoms with van der Waals surface area (Å²) in [5.41, 5.74) is 0. The zero-order chi connectivity index (χ0) is 17.0. The summed E-state index contributed by atoms with van der Waals surface area (Å²) in [4.78, 5) is 39.1. The number of hydrogen-bond donors (Lipinski definition) is 2. The van der Waals surface area contributed by atoms with Gasteiger partial charge in [-0.05, 0) is 25.7 Å². The van der Waals surface area contributed by atoms with Crippen molar-refractivity contribution >= 4 is 17.6 Å². The van der Waals surface area contributed by atoms with E-state index in [9.17, 15) is 24.6 Å². The number of nitrogens with zero attached hydrogens (tertiary/aromatic N) is 1. The summed E-state index contributed by atoms with van der Waals surface area (Å²) in [6.07, 6.45) is 0.302. The predicted octanol–water partition coefficient (Wildman–Crippen LogP) is -0.513. The Morgan fingerprint density at radius 1 is 1.04 bits per heavy atom. The van der Waals surface area contributed by atoms with Gasteiger partial charge in [0.05, 0.1) is 36.7 Å². The number of rotatable bonds is 2. The molecule has 0 unspecified atom stereocenters. The van der Waals surface area contributed by atoms with Crippen LogP contribution in [0.2, 0.25) is 0 Å². The zero-order valence-corrected chi connectivity index (χ0v) is 13.5. The topological polar surface area (TPSA) is 104 Å². The minimum atomic E-state index is -1.15. The molecule has 2 saturated heterocycles. The van der Waals surface area contributed by atoms with E-state index < -0.39 is 35.9 Å². The Morgan fingerprint density at radius 2 is 1.79 bits per heavy atom. The van der Waals surface area contributed by atoms with Gasteiger partial charge >= 0.3 is 0 Å². The Labute approximate surface area is 140 Å². The standard InChI is InChI=1S/C17H23NO6/c19-11-6-12(20)15(21)13-9(11)3-4-10-14(13)17(23)18(16(10)22)7-8-2-1-5-24-8/h8-10,12-15,20-21H,1-7H2/t8-,9+,10+,12+,13+,14+,15+/m0/s1. The van der Waals surface area contributed by atoms with Gasteiger partial charge in [0.15, 0.2) is 0 Å². The maximum Gasteiger partial charge on any atom is 0.233 e. The highest BCUT2D eigenvalue weighted by Gasteiger charge is 2.60. The largest absolute Gasteiger partial charge is 0.390 e. The van der Waals surface area contributed by atoms with Crippen LogP contribution in [0.4, 0.5) is 0 Å². The minimum absolute atomic E-state index is 0.0680. The molecule has 0 aromatic heterocycles. The molecule has 2 heterocycles. The van der Waals surface area contributed by atoms with Gasteiger partial charge in [-0.1, -0.05) is 0 Å². The number of carbonyl (C=O) groups is 3. The number of aliphatic hydroxyl groups excluding tert-OH is 2. The number of ether oxygens (including phenoxy) is 1. The van der Waals surface area contributed by atoms with Gasteiger partial charge in [-0.2, -0.15) is 0 Å². The first-order chi connectivity index (χ1) is 11.5. The molecule has 4 rings (SSSR count). The highest BCUT2D eigenvalue weighted by molar-refractivity contribution is 6.06. The van der Waals surface area contributed by atoms with E-state index in [1.807, 2.05) is 0 Å². The van der Waals surface area contributed by atoms with Crippen LogP contribution in [-0.2, 0) is 19.1 Å². The number of likely N-dealkylation sites (tertiary alicyclic amines) is 1. The number of imide groups is 1. The SMILES string of the molecule is O=C1C[C@@H](O)[C@@H](O)[C@H]2[C@@H]3C(=O)N(C[C@@H]4CCCO4)C(=O)[C@@H]3CC[C@H]12. The Balaban J connectivity index is 1.60. The molecule has 4 fully saturated rings. The fourth-order valence-electron chi connectivity index (χ4n) is 5.08. The van der Waals surface area contributed by atoms with E-state index in [1.54, 1.807) is 0 Å². The highest BCUT2D eigenvalue weighted by Crippen LogP contribution is 2.49. The van der Waals surface area contributed by atoms with Crippen LogP contribution in [0, 0.1) is 23.7 Å². The molecule has 4 aliphatic rings. The van der Waals surface area contributed by atoms with E-state index >= 15 is 0 Å². The van der Waals surface area contributed by atoms with Crippen molar-refractivity contribution in [1.82, 2.24) is 4.90 Å². The number of carbonyl (C=O) groups excluding carboxylic acids is 3. The monoisotopic (exact) mass is 337 g/mol. The lowest BCUT2D eigenvalue weighted by Crippen LogP contribution is -2.54. The third-order valence-corrected chi connectivity index (χ3v) is 6.26. The summed E-state index contributed by atoms with van der Waals surface area (Å²) >= 11 is 0. The van der Waals surface area contributed by atoms with Crippen LogP contribution < -0.4 is 0 Å². The Kier molecular flexibility index (Phi) is 3.97. The third-order valence-electron chi connectivity index (χ3n) is 6.26. The molecule has 7 nitrogen and oxygen atoms in total. The molecule has 2 aliphatic carbocycles. The van der Waals surface area contributed by atoms with Gasteiger partial charge in [0, 0.05) is 24.9 Å². The fourth-order valence-corrected chi connectivity index (χ4v) is 5.08. The Hall–Kier alpha value is -1.31. The van der Waals surface area contributed by atoms with Crippen LogP contribution in [0.15, 0.2) is 0 Å². The number of hydrogen-bond acceptors (Lipinski definition) is 6. The lowest BCUT2D eigenvalue weighted by Gasteiger charge is -2.44. The summed E-state index contributed by atoms with van der Waals surface area (Å²) < 4.78 is 5.54. The molecule has 7 atom stereocenters. The first-order valence-corrected chi connectivity index (χ1v) is 8.84. The van der Waals surface area contributed by atoms with Crippen LogP contribution in [0.5, 0.6) is 0 Å². The van der Waals surface area contributed by atoms with Crippen LogP contribution in [0.1, 0.15) is 32.1 Å². The van der Waals surface area contributed by atoms with Gasteiger partial charge in [0.1, 0.15) is 5.78 Å². The van der Waals surface area contributed by atoms with Crippen molar-refractivity contribution < 1.29 is 29.3 Å². The number of aliphatic hydroxyl groups is 2. The fraction of sp³-hybridized carbons (Fsp3) is 0.824. The summed E-state index contributed by atoms with van der Waals surface area (Å²) in [5.74, 6) is -2.86. The van der Waals surface area contributed by atoms with E-state index in [2.05, 4.69) is 0 Å². The molecule has 2 amide bonds. The van der Waals surface area contributed by atoms with Gasteiger partial charge in [0.2, 0.25) is 11.8 Å². The molecule has 0 radical (unpaired) electrons. The molecule has 0 aromatic carbocycles. The average Bonchev–Trinajstić information content (AvgIpc) is 3.15. The van der Waals surface area contributed by atoms with Crippen molar-refractivity contribution in [2.24, 2.45) is 23.7 Å². The summed E-state index contributed by atoms with van der Waals surface area (Å²) in [7, 11) is 0. The van der Waals surface area contributed by atoms with Gasteiger partial charge in [-0.3, -0.25) is 19.3 Å². The third kappa shape index (κ3) is 2.33. The maximum atomic E-state index is 12.9. The van der Waals surface area contributed by atoms with E-state index in [1.165, 1.54) is 4.90 Å². The second-order valence-corrected chi connectivity index (χ2v) is 7.54. The normalized spacial score (nSPS) is 45.5. The Bertz CT molecular complexity index is 571. The lowest BCUT2D eigenvalue weighted by molar-refractivity contribution is -0.156. The van der Waals surface area contributed by atoms with Crippen molar-refractivity contribution in [3.63, 3.8) is 0 Å². The number of Topliss-reactive ketones (excluding diaryl/α,β-unsaturated/α-hetero) is 1. The smallest absolute Gasteiger partial charge is 0.233 e. The minimum Gasteiger partial charge on any atom is -0.390 e. The van der Waals surface area contributed by atoms with Crippen LogP contribution in [-0.4, -0.2) is 64.2 Å². The average molecular weight is 337 g/mol. The quantitative estimate of drug-likeness (QED) is 0.658. The first-order valence-electron chi connectivity index (χ1n) is 8.84. The molecule has 0 aromatic rings. The van der Waals surface area contributed by atoms with Gasteiger partial charge in [0.25, 0.3) is 0 Å². The molecule has 2 N–H and O–H groups in total. The van der Waals surface area contributed by atoms with Crippen molar-refractivity contribution in [2.45, 2.75) is 50.4 Å². The molecular formula is C17H23NO6. The second kappa shape index (κ2) is 5.89. The molecule has 132 valence electrons. The highest BCUT2D eigenvalue weighted by atomic mass is 16.5. The number of amides is 2. The van der Waals surface area contributed by atoms with E-state index in [-0.39, 0.29) is 36.7 Å². The van der Waals surface area contributed by atoms with E-state index in [4.69, 9.17) is 4.74 Å². The molecule has 24 heavy (non-hydrogen) atoms. The van der Waals surface area contributed by atoms with Gasteiger partial charge < -0.3 is 14.9 Å². The lowest BCUT2D eigenvalue weighted by atomic mass is 9.60. The summed E-state index contributed by atoms with van der Waals surface area (Å²) in [6.45, 7) is 0.909. The zero-order valence-electron chi connectivity index (χ0n) is 13.5. The predicted molar refractivity (Wildman–Crippen MR) is 80.5 cm³/mol. The summed E-state index contributed by atoms with van der Waals surface area (Å²) in [6, 6.07) is 0. The van der Waals surface area contributed by atoms with Crippen molar-refractivity contribution in [3.05, 3.63) is 0 Å².